The summed E-state index contributed by atoms with van der Waals surface area (Å²) < 4.78 is 3.60. The Kier molecular flexibility index (Phi) is 4.67. The molecule has 1 fully saturated rings. The van der Waals surface area contributed by atoms with Crippen LogP contribution in [0.25, 0.3) is 11.4 Å². The molecule has 1 amide bonds. The van der Waals surface area contributed by atoms with Crippen LogP contribution in [0, 0.1) is 0 Å². The molecule has 2 aromatic carbocycles. The number of carbonyl (C=O) groups is 1. The average Bonchev–Trinajstić information content (AvgIpc) is 3.37. The number of rotatable bonds is 6. The van der Waals surface area contributed by atoms with Crippen molar-refractivity contribution >= 4 is 5.91 Å². The third-order valence-electron chi connectivity index (χ3n) is 5.37. The van der Waals surface area contributed by atoms with E-state index >= 15 is 0 Å². The number of amides is 1. The van der Waals surface area contributed by atoms with Gasteiger partial charge in [0.25, 0.3) is 5.91 Å². The van der Waals surface area contributed by atoms with Crippen LogP contribution in [-0.4, -0.2) is 37.4 Å². The van der Waals surface area contributed by atoms with Gasteiger partial charge in [0.05, 0.1) is 23.3 Å². The Bertz CT molecular complexity index is 1160. The Balaban J connectivity index is 1.39. The SMILES string of the molecule is CN(Cc1cnn(-c2ccccc2)c1)C(=O)c1cc(C2CC2)nn1-c1ccccc1. The minimum atomic E-state index is -0.0503. The first kappa shape index (κ1) is 18.4. The number of benzene rings is 2. The van der Waals surface area contributed by atoms with Crippen molar-refractivity contribution in [3.63, 3.8) is 0 Å². The highest BCUT2D eigenvalue weighted by atomic mass is 16.2. The van der Waals surface area contributed by atoms with Gasteiger partial charge in [-0.05, 0) is 43.2 Å². The molecule has 6 heteroatoms. The number of nitrogens with zero attached hydrogens (tertiary/aromatic N) is 5. The van der Waals surface area contributed by atoms with Crippen LogP contribution in [0.15, 0.2) is 79.1 Å². The zero-order valence-corrected chi connectivity index (χ0v) is 16.8. The van der Waals surface area contributed by atoms with E-state index in [2.05, 4.69) is 5.10 Å². The molecule has 0 spiro atoms. The Hall–Kier alpha value is -3.67. The number of carbonyl (C=O) groups excluding carboxylic acids is 1. The molecule has 2 aromatic heterocycles. The van der Waals surface area contributed by atoms with Crippen LogP contribution in [0.4, 0.5) is 0 Å². The van der Waals surface area contributed by atoms with E-state index in [1.54, 1.807) is 15.8 Å². The lowest BCUT2D eigenvalue weighted by Crippen LogP contribution is -2.28. The van der Waals surface area contributed by atoms with Gasteiger partial charge in [-0.1, -0.05) is 36.4 Å². The maximum Gasteiger partial charge on any atom is 0.272 e. The fourth-order valence-corrected chi connectivity index (χ4v) is 3.60. The quantitative estimate of drug-likeness (QED) is 0.490. The molecule has 4 aromatic rings. The highest BCUT2D eigenvalue weighted by Gasteiger charge is 2.29. The lowest BCUT2D eigenvalue weighted by atomic mass is 10.2. The lowest BCUT2D eigenvalue weighted by Gasteiger charge is -2.17. The largest absolute Gasteiger partial charge is 0.336 e. The summed E-state index contributed by atoms with van der Waals surface area (Å²) >= 11 is 0. The van der Waals surface area contributed by atoms with Crippen molar-refractivity contribution in [1.29, 1.82) is 0 Å². The molecule has 1 aliphatic carbocycles. The van der Waals surface area contributed by atoms with E-state index < -0.39 is 0 Å². The first-order valence-electron chi connectivity index (χ1n) is 10.2. The van der Waals surface area contributed by atoms with Gasteiger partial charge < -0.3 is 4.90 Å². The molecular formula is C24H23N5O. The molecule has 0 atom stereocenters. The van der Waals surface area contributed by atoms with Gasteiger partial charge in [-0.2, -0.15) is 10.2 Å². The predicted octanol–water partition coefficient (Wildman–Crippen LogP) is 4.21. The second kappa shape index (κ2) is 7.63. The number of hydrogen-bond donors (Lipinski definition) is 0. The summed E-state index contributed by atoms with van der Waals surface area (Å²) in [5.41, 5.74) is 4.48. The van der Waals surface area contributed by atoms with Gasteiger partial charge in [-0.25, -0.2) is 9.36 Å². The third kappa shape index (κ3) is 3.64. The smallest absolute Gasteiger partial charge is 0.272 e. The highest BCUT2D eigenvalue weighted by Crippen LogP contribution is 2.39. The molecule has 6 nitrogen and oxygen atoms in total. The normalized spacial score (nSPS) is 13.4. The van der Waals surface area contributed by atoms with Gasteiger partial charge in [0, 0.05) is 31.3 Å². The molecule has 0 bridgehead atoms. The van der Waals surface area contributed by atoms with Gasteiger partial charge in [0.15, 0.2) is 0 Å². The minimum Gasteiger partial charge on any atom is -0.336 e. The van der Waals surface area contributed by atoms with Crippen molar-refractivity contribution < 1.29 is 4.79 Å². The highest BCUT2D eigenvalue weighted by molar-refractivity contribution is 5.93. The van der Waals surface area contributed by atoms with Crippen molar-refractivity contribution in [1.82, 2.24) is 24.5 Å². The van der Waals surface area contributed by atoms with Gasteiger partial charge >= 0.3 is 0 Å². The van der Waals surface area contributed by atoms with Crippen molar-refractivity contribution in [2.75, 3.05) is 7.05 Å². The van der Waals surface area contributed by atoms with Gasteiger partial charge in [0.1, 0.15) is 5.69 Å². The summed E-state index contributed by atoms with van der Waals surface area (Å²) in [4.78, 5) is 15.0. The Morgan fingerprint density at radius 3 is 2.37 bits per heavy atom. The fourth-order valence-electron chi connectivity index (χ4n) is 3.60. The molecule has 0 unspecified atom stereocenters. The van der Waals surface area contributed by atoms with Crippen LogP contribution in [0.1, 0.15) is 40.5 Å². The average molecular weight is 397 g/mol. The van der Waals surface area contributed by atoms with E-state index in [0.717, 1.165) is 35.5 Å². The van der Waals surface area contributed by atoms with E-state index in [1.807, 2.05) is 84.7 Å². The van der Waals surface area contributed by atoms with Gasteiger partial charge in [-0.3, -0.25) is 4.79 Å². The van der Waals surface area contributed by atoms with Crippen LogP contribution in [0.3, 0.4) is 0 Å². The summed E-state index contributed by atoms with van der Waals surface area (Å²) in [5.74, 6) is 0.432. The van der Waals surface area contributed by atoms with Gasteiger partial charge in [0.2, 0.25) is 0 Å². The summed E-state index contributed by atoms with van der Waals surface area (Å²) in [5, 5.41) is 9.18. The molecule has 150 valence electrons. The van der Waals surface area contributed by atoms with Crippen molar-refractivity contribution in [3.05, 3.63) is 96.1 Å². The molecule has 1 aliphatic rings. The van der Waals surface area contributed by atoms with E-state index in [1.165, 1.54) is 0 Å². The maximum absolute atomic E-state index is 13.3. The zero-order chi connectivity index (χ0) is 20.5. The van der Waals surface area contributed by atoms with Crippen molar-refractivity contribution in [2.45, 2.75) is 25.3 Å². The summed E-state index contributed by atoms with van der Waals surface area (Å²) in [6.45, 7) is 0.477. The monoisotopic (exact) mass is 397 g/mol. The molecule has 0 aliphatic heterocycles. The Morgan fingerprint density at radius 2 is 1.70 bits per heavy atom. The van der Waals surface area contributed by atoms with E-state index in [0.29, 0.717) is 18.2 Å². The number of para-hydroxylation sites is 2. The Morgan fingerprint density at radius 1 is 1.03 bits per heavy atom. The minimum absolute atomic E-state index is 0.0503. The van der Waals surface area contributed by atoms with Crippen LogP contribution >= 0.6 is 0 Å². The number of aromatic nitrogens is 4. The van der Waals surface area contributed by atoms with Crippen LogP contribution in [0.2, 0.25) is 0 Å². The fraction of sp³-hybridized carbons (Fsp3) is 0.208. The first-order chi connectivity index (χ1) is 14.7. The van der Waals surface area contributed by atoms with E-state index in [4.69, 9.17) is 5.10 Å². The van der Waals surface area contributed by atoms with E-state index in [-0.39, 0.29) is 5.91 Å². The molecule has 0 N–H and O–H groups in total. The lowest BCUT2D eigenvalue weighted by molar-refractivity contribution is 0.0776. The standard InChI is InChI=1S/C24H23N5O/c1-27(16-18-15-25-28(17-18)20-8-4-2-5-9-20)24(30)23-14-22(19-12-13-19)26-29(23)21-10-6-3-7-11-21/h2-11,14-15,17,19H,12-13,16H2,1H3. The van der Waals surface area contributed by atoms with Crippen LogP contribution < -0.4 is 0 Å². The molecule has 0 radical (unpaired) electrons. The second-order valence-corrected chi connectivity index (χ2v) is 7.77. The topological polar surface area (TPSA) is 56.0 Å². The maximum atomic E-state index is 13.3. The summed E-state index contributed by atoms with van der Waals surface area (Å²) in [6.07, 6.45) is 6.06. The molecule has 0 saturated heterocycles. The Labute approximate surface area is 175 Å². The van der Waals surface area contributed by atoms with Crippen molar-refractivity contribution in [2.24, 2.45) is 0 Å². The molecule has 1 saturated carbocycles. The molecule has 30 heavy (non-hydrogen) atoms. The summed E-state index contributed by atoms with van der Waals surface area (Å²) in [7, 11) is 1.82. The molecule has 2 heterocycles. The van der Waals surface area contributed by atoms with Crippen LogP contribution in [0.5, 0.6) is 0 Å². The van der Waals surface area contributed by atoms with Crippen molar-refractivity contribution in [3.8, 4) is 11.4 Å². The first-order valence-corrected chi connectivity index (χ1v) is 10.2. The summed E-state index contributed by atoms with van der Waals surface area (Å²) in [6, 6.07) is 21.7. The van der Waals surface area contributed by atoms with Gasteiger partial charge in [-0.15, -0.1) is 0 Å². The van der Waals surface area contributed by atoms with Crippen LogP contribution in [-0.2, 0) is 6.54 Å². The third-order valence-corrected chi connectivity index (χ3v) is 5.37. The molecular weight excluding hydrogens is 374 g/mol. The second-order valence-electron chi connectivity index (χ2n) is 7.77. The van der Waals surface area contributed by atoms with E-state index in [9.17, 15) is 4.79 Å². The predicted molar refractivity (Wildman–Crippen MR) is 115 cm³/mol. The molecule has 5 rings (SSSR count). The number of hydrogen-bond acceptors (Lipinski definition) is 3. The zero-order valence-electron chi connectivity index (χ0n) is 16.8.